The molecular weight excluding hydrogens is 208 g/mol. The Balaban J connectivity index is 2.49. The maximum Gasteiger partial charge on any atom is 0.131 e. The number of aldehydes is 1. The van der Waals surface area contributed by atoms with E-state index < -0.39 is 0 Å². The van der Waals surface area contributed by atoms with Gasteiger partial charge in [-0.15, -0.1) is 0 Å². The molecule has 17 heavy (non-hydrogen) atoms. The van der Waals surface area contributed by atoms with E-state index >= 15 is 0 Å². The lowest BCUT2D eigenvalue weighted by Gasteiger charge is -2.14. The van der Waals surface area contributed by atoms with E-state index in [2.05, 4.69) is 25.1 Å². The fourth-order valence-corrected chi connectivity index (χ4v) is 2.09. The van der Waals surface area contributed by atoms with Gasteiger partial charge < -0.3 is 4.79 Å². The van der Waals surface area contributed by atoms with Crippen LogP contribution in [0.3, 0.4) is 0 Å². The quantitative estimate of drug-likeness (QED) is 0.727. The molecule has 0 amide bonds. The fraction of sp³-hybridized carbons (Fsp3) is 0.188. The molecule has 0 saturated heterocycles. The molecule has 0 spiro atoms. The summed E-state index contributed by atoms with van der Waals surface area (Å²) in [5, 5.41) is 0. The van der Waals surface area contributed by atoms with Gasteiger partial charge in [0, 0.05) is 0 Å². The zero-order chi connectivity index (χ0) is 12.3. The van der Waals surface area contributed by atoms with E-state index in [1.54, 1.807) is 0 Å². The van der Waals surface area contributed by atoms with Gasteiger partial charge in [0.2, 0.25) is 0 Å². The Labute approximate surface area is 102 Å². The first-order valence-electron chi connectivity index (χ1n) is 5.80. The second-order valence-electron chi connectivity index (χ2n) is 4.38. The van der Waals surface area contributed by atoms with Crippen molar-refractivity contribution in [3.8, 4) is 0 Å². The highest BCUT2D eigenvalue weighted by Crippen LogP contribution is 2.26. The molecule has 2 aromatic rings. The summed E-state index contributed by atoms with van der Waals surface area (Å²) in [6, 6.07) is 16.2. The van der Waals surface area contributed by atoms with Crippen molar-refractivity contribution in [3.05, 3.63) is 70.8 Å². The molecule has 2 rings (SSSR count). The highest BCUT2D eigenvalue weighted by Gasteiger charge is 2.14. The lowest BCUT2D eigenvalue weighted by Crippen LogP contribution is -2.04. The summed E-state index contributed by atoms with van der Waals surface area (Å²) in [6.07, 6.45) is 1.02. The Morgan fingerprint density at radius 3 is 2.35 bits per heavy atom. The van der Waals surface area contributed by atoms with Gasteiger partial charge in [-0.3, -0.25) is 0 Å². The Hall–Kier alpha value is -1.89. The fourth-order valence-electron chi connectivity index (χ4n) is 2.09. The highest BCUT2D eigenvalue weighted by atomic mass is 16.1. The molecule has 2 aromatic carbocycles. The van der Waals surface area contributed by atoms with E-state index in [-0.39, 0.29) is 5.92 Å². The molecule has 1 nitrogen and oxygen atoms in total. The lowest BCUT2D eigenvalue weighted by molar-refractivity contribution is -0.108. The van der Waals surface area contributed by atoms with Crippen LogP contribution in [0.15, 0.2) is 48.5 Å². The predicted octanol–water partition coefficient (Wildman–Crippen LogP) is 3.63. The van der Waals surface area contributed by atoms with Gasteiger partial charge in [-0.25, -0.2) is 0 Å². The third-order valence-corrected chi connectivity index (χ3v) is 3.06. The van der Waals surface area contributed by atoms with E-state index in [4.69, 9.17) is 0 Å². The number of carbonyl (C=O) groups excluding carboxylic acids is 1. The van der Waals surface area contributed by atoms with Crippen molar-refractivity contribution in [2.45, 2.75) is 19.8 Å². The summed E-state index contributed by atoms with van der Waals surface area (Å²) < 4.78 is 0. The van der Waals surface area contributed by atoms with Gasteiger partial charge in [-0.05, 0) is 30.5 Å². The minimum Gasteiger partial charge on any atom is -0.302 e. The van der Waals surface area contributed by atoms with Crippen molar-refractivity contribution in [3.63, 3.8) is 0 Å². The van der Waals surface area contributed by atoms with Crippen LogP contribution in [0.2, 0.25) is 0 Å². The van der Waals surface area contributed by atoms with Crippen molar-refractivity contribution in [2.75, 3.05) is 0 Å². The first-order chi connectivity index (χ1) is 8.22. The lowest BCUT2D eigenvalue weighted by atomic mass is 9.89. The van der Waals surface area contributed by atoms with Gasteiger partial charge in [0.25, 0.3) is 0 Å². The number of aryl methyl sites for hydroxylation is 2. The van der Waals surface area contributed by atoms with Crippen LogP contribution in [0.1, 0.15) is 28.2 Å². The number of benzene rings is 2. The SMILES string of the molecule is Cc1ccc(C)c(C(C=O)c2ccccc2)c1. The largest absolute Gasteiger partial charge is 0.302 e. The molecule has 0 fully saturated rings. The Bertz CT molecular complexity index is 514. The molecule has 0 aliphatic rings. The maximum absolute atomic E-state index is 11.4. The molecule has 0 N–H and O–H groups in total. The summed E-state index contributed by atoms with van der Waals surface area (Å²) in [5.41, 5.74) is 4.51. The zero-order valence-corrected chi connectivity index (χ0v) is 10.2. The van der Waals surface area contributed by atoms with Crippen LogP contribution in [-0.2, 0) is 4.79 Å². The summed E-state index contributed by atoms with van der Waals surface area (Å²) in [5.74, 6) is -0.156. The van der Waals surface area contributed by atoms with E-state index in [0.29, 0.717) is 0 Å². The standard InChI is InChI=1S/C16H16O/c1-12-8-9-13(2)15(10-12)16(11-17)14-6-4-3-5-7-14/h3-11,16H,1-2H3. The number of rotatable bonds is 3. The van der Waals surface area contributed by atoms with Crippen molar-refractivity contribution in [1.82, 2.24) is 0 Å². The number of carbonyl (C=O) groups is 1. The molecule has 0 aliphatic carbocycles. The summed E-state index contributed by atoms with van der Waals surface area (Å²) in [4.78, 5) is 11.4. The topological polar surface area (TPSA) is 17.1 Å². The Morgan fingerprint density at radius 2 is 1.71 bits per heavy atom. The van der Waals surface area contributed by atoms with Gasteiger partial charge in [-0.2, -0.15) is 0 Å². The predicted molar refractivity (Wildman–Crippen MR) is 70.3 cm³/mol. The molecule has 1 unspecified atom stereocenters. The molecule has 0 saturated carbocycles. The van der Waals surface area contributed by atoms with Crippen LogP contribution in [0.5, 0.6) is 0 Å². The third-order valence-electron chi connectivity index (χ3n) is 3.06. The van der Waals surface area contributed by atoms with Crippen molar-refractivity contribution in [2.24, 2.45) is 0 Å². The monoisotopic (exact) mass is 224 g/mol. The number of hydrogen-bond acceptors (Lipinski definition) is 1. The Morgan fingerprint density at radius 1 is 1.00 bits per heavy atom. The van der Waals surface area contributed by atoms with E-state index in [9.17, 15) is 4.79 Å². The first kappa shape index (κ1) is 11.6. The highest BCUT2D eigenvalue weighted by molar-refractivity contribution is 5.69. The first-order valence-corrected chi connectivity index (χ1v) is 5.80. The minimum absolute atomic E-state index is 0.156. The van der Waals surface area contributed by atoms with Crippen molar-refractivity contribution in [1.29, 1.82) is 0 Å². The second kappa shape index (κ2) is 4.96. The average Bonchev–Trinajstić information content (AvgIpc) is 2.36. The minimum atomic E-state index is -0.156. The summed E-state index contributed by atoms with van der Waals surface area (Å²) >= 11 is 0. The van der Waals surface area contributed by atoms with Gasteiger partial charge in [-0.1, -0.05) is 54.1 Å². The van der Waals surface area contributed by atoms with E-state index in [1.807, 2.05) is 37.3 Å². The smallest absolute Gasteiger partial charge is 0.131 e. The summed E-state index contributed by atoms with van der Waals surface area (Å²) in [7, 11) is 0. The third kappa shape index (κ3) is 2.44. The van der Waals surface area contributed by atoms with Crippen molar-refractivity contribution >= 4 is 6.29 Å². The second-order valence-corrected chi connectivity index (χ2v) is 4.38. The molecule has 0 bridgehead atoms. The number of hydrogen-bond donors (Lipinski definition) is 0. The molecular formula is C16H16O. The van der Waals surface area contributed by atoms with Crippen LogP contribution >= 0.6 is 0 Å². The molecule has 1 heteroatoms. The van der Waals surface area contributed by atoms with Crippen LogP contribution in [0.4, 0.5) is 0 Å². The maximum atomic E-state index is 11.4. The normalized spacial score (nSPS) is 12.1. The van der Waals surface area contributed by atoms with Crippen LogP contribution in [0, 0.1) is 13.8 Å². The zero-order valence-electron chi connectivity index (χ0n) is 10.2. The molecule has 0 aromatic heterocycles. The van der Waals surface area contributed by atoms with Gasteiger partial charge >= 0.3 is 0 Å². The molecule has 0 radical (unpaired) electrons. The van der Waals surface area contributed by atoms with Crippen LogP contribution in [0.25, 0.3) is 0 Å². The van der Waals surface area contributed by atoms with Gasteiger partial charge in [0.05, 0.1) is 5.92 Å². The van der Waals surface area contributed by atoms with Gasteiger partial charge in [0.1, 0.15) is 6.29 Å². The van der Waals surface area contributed by atoms with E-state index in [0.717, 1.165) is 23.0 Å². The molecule has 1 atom stereocenters. The van der Waals surface area contributed by atoms with Crippen LogP contribution < -0.4 is 0 Å². The Kier molecular flexibility index (Phi) is 3.38. The molecule has 0 aliphatic heterocycles. The summed E-state index contributed by atoms with van der Waals surface area (Å²) in [6.45, 7) is 4.10. The van der Waals surface area contributed by atoms with Gasteiger partial charge in [0.15, 0.2) is 0 Å². The van der Waals surface area contributed by atoms with Crippen LogP contribution in [-0.4, -0.2) is 6.29 Å². The van der Waals surface area contributed by atoms with E-state index in [1.165, 1.54) is 5.56 Å². The molecule has 0 heterocycles. The molecule has 86 valence electrons. The van der Waals surface area contributed by atoms with Crippen molar-refractivity contribution < 1.29 is 4.79 Å². The average molecular weight is 224 g/mol.